The fourth-order valence-electron chi connectivity index (χ4n) is 2.28. The molecule has 112 valence electrons. The Morgan fingerprint density at radius 1 is 1.15 bits per heavy atom. The summed E-state index contributed by atoms with van der Waals surface area (Å²) in [5, 5.41) is 0. The van der Waals surface area contributed by atoms with Gasteiger partial charge in [0.05, 0.1) is 0 Å². The zero-order chi connectivity index (χ0) is 15.0. The first kappa shape index (κ1) is 17.2. The molecule has 1 rings (SSSR count). The maximum atomic E-state index is 12.5. The summed E-state index contributed by atoms with van der Waals surface area (Å²) in [5.74, 6) is 0.711. The van der Waals surface area contributed by atoms with Gasteiger partial charge in [-0.25, -0.2) is 0 Å². The molecular formula is C17H28O2P+. The molecular weight excluding hydrogens is 267 g/mol. The Morgan fingerprint density at radius 2 is 1.80 bits per heavy atom. The monoisotopic (exact) mass is 295 g/mol. The molecule has 0 N–H and O–H groups in total. The Morgan fingerprint density at radius 3 is 2.35 bits per heavy atom. The lowest BCUT2D eigenvalue weighted by molar-refractivity contribution is 0.348. The van der Waals surface area contributed by atoms with Crippen LogP contribution in [-0.4, -0.2) is 5.66 Å². The quantitative estimate of drug-likeness (QED) is 0.422. The Kier molecular flexibility index (Phi) is 7.23. The van der Waals surface area contributed by atoms with Crippen LogP contribution in [0.4, 0.5) is 0 Å². The van der Waals surface area contributed by atoms with E-state index in [1.165, 1.54) is 12.8 Å². The summed E-state index contributed by atoms with van der Waals surface area (Å²) in [6.45, 7) is 8.79. The molecule has 0 aliphatic carbocycles. The first-order chi connectivity index (χ1) is 9.42. The van der Waals surface area contributed by atoms with Gasteiger partial charge in [0, 0.05) is 6.42 Å². The van der Waals surface area contributed by atoms with Gasteiger partial charge in [-0.2, -0.15) is 0 Å². The van der Waals surface area contributed by atoms with E-state index in [0.717, 1.165) is 19.3 Å². The topological polar surface area (TPSA) is 26.3 Å². The highest BCUT2D eigenvalue weighted by Gasteiger charge is 2.36. The van der Waals surface area contributed by atoms with Crippen LogP contribution in [0.15, 0.2) is 30.3 Å². The normalized spacial score (nSPS) is 13.9. The highest BCUT2D eigenvalue weighted by atomic mass is 31.1. The van der Waals surface area contributed by atoms with Crippen molar-refractivity contribution in [2.75, 3.05) is 0 Å². The second-order valence-electron chi connectivity index (χ2n) is 6.60. The Bertz CT molecular complexity index is 395. The van der Waals surface area contributed by atoms with Crippen molar-refractivity contribution < 1.29 is 9.09 Å². The van der Waals surface area contributed by atoms with Gasteiger partial charge in [0.25, 0.3) is 0 Å². The maximum absolute atomic E-state index is 12.5. The third-order valence-electron chi connectivity index (χ3n) is 3.23. The third-order valence-corrected chi connectivity index (χ3v) is 4.65. The summed E-state index contributed by atoms with van der Waals surface area (Å²) in [5.41, 5.74) is 0.332. The maximum Gasteiger partial charge on any atom is 0.559 e. The van der Waals surface area contributed by atoms with E-state index >= 15 is 0 Å². The molecule has 0 spiro atoms. The molecule has 0 amide bonds. The van der Waals surface area contributed by atoms with E-state index in [4.69, 9.17) is 4.52 Å². The molecule has 2 nitrogen and oxygen atoms in total. The fourth-order valence-corrected chi connectivity index (χ4v) is 3.85. The summed E-state index contributed by atoms with van der Waals surface area (Å²) in [6.07, 6.45) is 5.47. The van der Waals surface area contributed by atoms with Crippen LogP contribution in [-0.2, 0) is 4.57 Å². The van der Waals surface area contributed by atoms with Crippen molar-refractivity contribution in [2.45, 2.75) is 65.5 Å². The lowest BCUT2D eigenvalue weighted by atomic mass is 9.89. The summed E-state index contributed by atoms with van der Waals surface area (Å²) < 4.78 is 18.2. The average Bonchev–Trinajstić information content (AvgIpc) is 2.37. The molecule has 0 radical (unpaired) electrons. The number of hydrogen-bond acceptors (Lipinski definition) is 2. The summed E-state index contributed by atoms with van der Waals surface area (Å²) in [4.78, 5) is 0. The second kappa shape index (κ2) is 8.42. The molecule has 0 heterocycles. The van der Waals surface area contributed by atoms with Crippen LogP contribution in [0.1, 0.15) is 59.8 Å². The first-order valence-corrected chi connectivity index (χ1v) is 8.86. The van der Waals surface area contributed by atoms with Crippen LogP contribution in [0.5, 0.6) is 5.75 Å². The van der Waals surface area contributed by atoms with E-state index in [2.05, 4.69) is 27.7 Å². The predicted octanol–water partition coefficient (Wildman–Crippen LogP) is 6.19. The molecule has 1 aromatic carbocycles. The molecule has 0 aliphatic rings. The molecule has 3 heteroatoms. The van der Waals surface area contributed by atoms with Gasteiger partial charge < -0.3 is 0 Å². The lowest BCUT2D eigenvalue weighted by Gasteiger charge is -2.19. The predicted molar refractivity (Wildman–Crippen MR) is 86.7 cm³/mol. The average molecular weight is 295 g/mol. The number of benzene rings is 1. The van der Waals surface area contributed by atoms with E-state index in [1.807, 2.05) is 30.3 Å². The zero-order valence-electron chi connectivity index (χ0n) is 13.3. The van der Waals surface area contributed by atoms with Crippen LogP contribution in [0.2, 0.25) is 0 Å². The van der Waals surface area contributed by atoms with E-state index in [1.54, 1.807) is 0 Å². The van der Waals surface area contributed by atoms with Gasteiger partial charge in [0.15, 0.2) is 11.4 Å². The van der Waals surface area contributed by atoms with E-state index in [0.29, 0.717) is 5.75 Å². The van der Waals surface area contributed by atoms with Crippen molar-refractivity contribution in [1.29, 1.82) is 0 Å². The Hall–Kier alpha value is -0.880. The molecule has 0 saturated heterocycles. The van der Waals surface area contributed by atoms with Crippen molar-refractivity contribution in [3.8, 4) is 5.75 Å². The minimum atomic E-state index is -1.65. The van der Waals surface area contributed by atoms with Crippen LogP contribution in [0.3, 0.4) is 0 Å². The summed E-state index contributed by atoms with van der Waals surface area (Å²) in [7, 11) is -1.65. The number of para-hydroxylation sites is 1. The van der Waals surface area contributed by atoms with E-state index < -0.39 is 8.03 Å². The van der Waals surface area contributed by atoms with E-state index in [9.17, 15) is 4.57 Å². The largest absolute Gasteiger partial charge is 0.559 e. The number of rotatable bonds is 8. The van der Waals surface area contributed by atoms with Gasteiger partial charge in [0.2, 0.25) is 0 Å². The van der Waals surface area contributed by atoms with Crippen molar-refractivity contribution in [3.63, 3.8) is 0 Å². The first-order valence-electron chi connectivity index (χ1n) is 7.62. The van der Waals surface area contributed by atoms with Gasteiger partial charge in [-0.3, -0.25) is 4.52 Å². The van der Waals surface area contributed by atoms with Gasteiger partial charge in [-0.15, -0.1) is 0 Å². The minimum Gasteiger partial charge on any atom is -0.254 e. The Labute approximate surface area is 124 Å². The summed E-state index contributed by atoms with van der Waals surface area (Å²) >= 11 is 0. The SMILES string of the molecule is CCCCCC(CC(C)(C)C)[P+](=O)Oc1ccccc1. The third kappa shape index (κ3) is 7.05. The number of unbranched alkanes of at least 4 members (excludes halogenated alkanes) is 2. The molecule has 0 aromatic heterocycles. The van der Waals surface area contributed by atoms with Crippen molar-refractivity contribution in [2.24, 2.45) is 5.41 Å². The molecule has 1 aromatic rings. The van der Waals surface area contributed by atoms with Crippen LogP contribution >= 0.6 is 8.03 Å². The smallest absolute Gasteiger partial charge is 0.254 e. The van der Waals surface area contributed by atoms with Gasteiger partial charge in [0.1, 0.15) is 0 Å². The van der Waals surface area contributed by atoms with Gasteiger partial charge in [-0.05, 0) is 35.0 Å². The molecule has 2 atom stereocenters. The zero-order valence-corrected chi connectivity index (χ0v) is 14.2. The second-order valence-corrected chi connectivity index (χ2v) is 8.09. The molecule has 0 bridgehead atoms. The molecule has 2 unspecified atom stereocenters. The van der Waals surface area contributed by atoms with Crippen LogP contribution < -0.4 is 4.52 Å². The highest BCUT2D eigenvalue weighted by Crippen LogP contribution is 2.40. The van der Waals surface area contributed by atoms with Gasteiger partial charge in [-0.1, -0.05) is 58.7 Å². The minimum absolute atomic E-state index is 0.150. The molecule has 0 fully saturated rings. The molecule has 0 aliphatic heterocycles. The van der Waals surface area contributed by atoms with Crippen molar-refractivity contribution in [1.82, 2.24) is 0 Å². The Balaban J connectivity index is 2.63. The van der Waals surface area contributed by atoms with Crippen molar-refractivity contribution >= 4 is 8.03 Å². The van der Waals surface area contributed by atoms with Crippen LogP contribution in [0, 0.1) is 5.41 Å². The standard InChI is InChI=1S/C17H28O2P/c1-5-6-8-13-16(14-17(2,3)4)20(18)19-15-11-9-7-10-12-15/h7,9-12,16H,5-6,8,13-14H2,1-4H3/q+1. The fraction of sp³-hybridized carbons (Fsp3) is 0.647. The van der Waals surface area contributed by atoms with Crippen LogP contribution in [0.25, 0.3) is 0 Å². The number of hydrogen-bond donors (Lipinski definition) is 0. The van der Waals surface area contributed by atoms with Crippen molar-refractivity contribution in [3.05, 3.63) is 30.3 Å². The lowest BCUT2D eigenvalue weighted by Crippen LogP contribution is -2.16. The highest BCUT2D eigenvalue weighted by molar-refractivity contribution is 7.40. The van der Waals surface area contributed by atoms with E-state index in [-0.39, 0.29) is 11.1 Å². The molecule has 20 heavy (non-hydrogen) atoms. The van der Waals surface area contributed by atoms with Gasteiger partial charge >= 0.3 is 8.03 Å². The summed E-state index contributed by atoms with van der Waals surface area (Å²) in [6, 6.07) is 9.50. The molecule has 0 saturated carbocycles.